The second-order valence-electron chi connectivity index (χ2n) is 5.88. The fraction of sp³-hybridized carbons (Fsp3) is 0.600. The Balaban J connectivity index is 1.55. The molecule has 7 heteroatoms. The fourth-order valence-electron chi connectivity index (χ4n) is 2.42. The molecule has 0 unspecified atom stereocenters. The fourth-order valence-corrected chi connectivity index (χ4v) is 3.32. The minimum Gasteiger partial charge on any atom is -0.473 e. The van der Waals surface area contributed by atoms with Gasteiger partial charge in [0.05, 0.1) is 11.9 Å². The Morgan fingerprint density at radius 3 is 2.64 bits per heavy atom. The Hall–Kier alpha value is -1.76. The minimum atomic E-state index is 0.199. The zero-order valence-electron chi connectivity index (χ0n) is 13.2. The predicted octanol–water partition coefficient (Wildman–Crippen LogP) is 2.81. The average molecular weight is 319 g/mol. The summed E-state index contributed by atoms with van der Waals surface area (Å²) in [5.74, 6) is 1.06. The lowest BCUT2D eigenvalue weighted by molar-refractivity contribution is 0.163. The van der Waals surface area contributed by atoms with Gasteiger partial charge in [0.2, 0.25) is 11.0 Å². The van der Waals surface area contributed by atoms with E-state index in [1.54, 1.807) is 23.7 Å². The Bertz CT molecular complexity index is 622. The number of ether oxygens (including phenoxy) is 1. The van der Waals surface area contributed by atoms with Crippen LogP contribution in [0.1, 0.15) is 43.3 Å². The van der Waals surface area contributed by atoms with Gasteiger partial charge in [0.25, 0.3) is 0 Å². The number of piperidine rings is 1. The highest BCUT2D eigenvalue weighted by atomic mass is 32.1. The first kappa shape index (κ1) is 15.1. The molecule has 0 amide bonds. The lowest BCUT2D eigenvalue weighted by atomic mass is 10.1. The number of anilines is 1. The summed E-state index contributed by atoms with van der Waals surface area (Å²) in [6.45, 7) is 8.10. The molecule has 1 saturated heterocycles. The number of hydrogen-bond acceptors (Lipinski definition) is 7. The lowest BCUT2D eigenvalue weighted by Crippen LogP contribution is -2.38. The molecule has 1 aliphatic heterocycles. The first-order valence-electron chi connectivity index (χ1n) is 7.65. The van der Waals surface area contributed by atoms with Gasteiger partial charge in [0, 0.05) is 38.0 Å². The highest BCUT2D eigenvalue weighted by Gasteiger charge is 2.23. The molecule has 3 heterocycles. The standard InChI is InChI=1S/C15H21N5OS/c1-10(2)14-18-19-15(22-14)20-6-4-12(5-7-20)21-13-9-16-8-11(3)17-13/h8-10,12H,4-7H2,1-3H3. The summed E-state index contributed by atoms with van der Waals surface area (Å²) in [7, 11) is 0. The maximum absolute atomic E-state index is 5.93. The molecule has 1 aliphatic rings. The summed E-state index contributed by atoms with van der Waals surface area (Å²) in [6.07, 6.45) is 5.54. The normalized spacial score (nSPS) is 16.3. The summed E-state index contributed by atoms with van der Waals surface area (Å²) in [4.78, 5) is 10.8. The van der Waals surface area contributed by atoms with E-state index < -0.39 is 0 Å². The smallest absolute Gasteiger partial charge is 0.232 e. The van der Waals surface area contributed by atoms with E-state index in [-0.39, 0.29) is 6.10 Å². The van der Waals surface area contributed by atoms with Crippen molar-refractivity contribution in [3.63, 3.8) is 0 Å². The molecule has 0 aromatic carbocycles. The van der Waals surface area contributed by atoms with Crippen LogP contribution in [-0.4, -0.2) is 39.4 Å². The van der Waals surface area contributed by atoms with Crippen LogP contribution < -0.4 is 9.64 Å². The van der Waals surface area contributed by atoms with E-state index in [4.69, 9.17) is 4.74 Å². The molecule has 0 atom stereocenters. The molecular weight excluding hydrogens is 298 g/mol. The average Bonchev–Trinajstić information content (AvgIpc) is 2.98. The third-order valence-corrected chi connectivity index (χ3v) is 4.94. The summed E-state index contributed by atoms with van der Waals surface area (Å²) in [6, 6.07) is 0. The molecule has 0 bridgehead atoms. The molecule has 0 spiro atoms. The zero-order valence-corrected chi connectivity index (χ0v) is 14.0. The van der Waals surface area contributed by atoms with Crippen LogP contribution in [0.2, 0.25) is 0 Å². The molecule has 3 rings (SSSR count). The number of nitrogens with zero attached hydrogens (tertiary/aromatic N) is 5. The molecule has 22 heavy (non-hydrogen) atoms. The van der Waals surface area contributed by atoms with Gasteiger partial charge in [-0.15, -0.1) is 10.2 Å². The van der Waals surface area contributed by atoms with E-state index in [9.17, 15) is 0 Å². The molecule has 118 valence electrons. The van der Waals surface area contributed by atoms with Crippen LogP contribution in [0.25, 0.3) is 0 Å². The molecule has 2 aromatic rings. The first-order valence-corrected chi connectivity index (χ1v) is 8.47. The largest absolute Gasteiger partial charge is 0.473 e. The maximum Gasteiger partial charge on any atom is 0.232 e. The Morgan fingerprint density at radius 2 is 2.00 bits per heavy atom. The van der Waals surface area contributed by atoms with Gasteiger partial charge >= 0.3 is 0 Å². The third-order valence-electron chi connectivity index (χ3n) is 3.66. The van der Waals surface area contributed by atoms with Crippen LogP contribution >= 0.6 is 11.3 Å². The maximum atomic E-state index is 5.93. The van der Waals surface area contributed by atoms with Gasteiger partial charge in [-0.1, -0.05) is 25.2 Å². The molecule has 0 N–H and O–H groups in total. The van der Waals surface area contributed by atoms with Crippen molar-refractivity contribution in [1.29, 1.82) is 0 Å². The highest BCUT2D eigenvalue weighted by Crippen LogP contribution is 2.28. The first-order chi connectivity index (χ1) is 10.6. The number of aryl methyl sites for hydroxylation is 1. The molecule has 6 nitrogen and oxygen atoms in total. The van der Waals surface area contributed by atoms with E-state index in [0.29, 0.717) is 11.8 Å². The minimum absolute atomic E-state index is 0.199. The van der Waals surface area contributed by atoms with Crippen LogP contribution in [0.15, 0.2) is 12.4 Å². The van der Waals surface area contributed by atoms with Gasteiger partial charge in [-0.25, -0.2) is 4.98 Å². The summed E-state index contributed by atoms with van der Waals surface area (Å²) in [5, 5.41) is 10.7. The molecular formula is C15H21N5OS. The summed E-state index contributed by atoms with van der Waals surface area (Å²) in [5.41, 5.74) is 0.880. The van der Waals surface area contributed by atoms with Gasteiger partial charge in [-0.05, 0) is 6.92 Å². The molecule has 0 radical (unpaired) electrons. The number of rotatable bonds is 4. The van der Waals surface area contributed by atoms with Crippen molar-refractivity contribution in [2.45, 2.75) is 45.6 Å². The van der Waals surface area contributed by atoms with Crippen molar-refractivity contribution < 1.29 is 4.74 Å². The van der Waals surface area contributed by atoms with Crippen molar-refractivity contribution in [3.8, 4) is 5.88 Å². The van der Waals surface area contributed by atoms with Crippen LogP contribution in [-0.2, 0) is 0 Å². The van der Waals surface area contributed by atoms with E-state index in [1.807, 2.05) is 6.92 Å². The van der Waals surface area contributed by atoms with Gasteiger partial charge in [0.1, 0.15) is 11.1 Å². The molecule has 0 saturated carbocycles. The van der Waals surface area contributed by atoms with Crippen LogP contribution in [0, 0.1) is 6.92 Å². The Kier molecular flexibility index (Phi) is 4.52. The van der Waals surface area contributed by atoms with E-state index in [0.717, 1.165) is 41.8 Å². The van der Waals surface area contributed by atoms with Crippen molar-refractivity contribution in [2.75, 3.05) is 18.0 Å². The predicted molar refractivity (Wildman–Crippen MR) is 86.6 cm³/mol. The van der Waals surface area contributed by atoms with Crippen LogP contribution in [0.4, 0.5) is 5.13 Å². The van der Waals surface area contributed by atoms with Crippen LogP contribution in [0.3, 0.4) is 0 Å². The quantitative estimate of drug-likeness (QED) is 0.863. The molecule has 0 aliphatic carbocycles. The Morgan fingerprint density at radius 1 is 1.23 bits per heavy atom. The lowest BCUT2D eigenvalue weighted by Gasteiger charge is -2.31. The number of aromatic nitrogens is 4. The monoisotopic (exact) mass is 319 g/mol. The van der Waals surface area contributed by atoms with Crippen molar-refractivity contribution in [3.05, 3.63) is 23.1 Å². The van der Waals surface area contributed by atoms with Crippen molar-refractivity contribution >= 4 is 16.5 Å². The summed E-state index contributed by atoms with van der Waals surface area (Å²) < 4.78 is 5.93. The van der Waals surface area contributed by atoms with Crippen molar-refractivity contribution in [2.24, 2.45) is 0 Å². The van der Waals surface area contributed by atoms with E-state index >= 15 is 0 Å². The number of hydrogen-bond donors (Lipinski definition) is 0. The van der Waals surface area contributed by atoms with Crippen molar-refractivity contribution in [1.82, 2.24) is 20.2 Å². The van der Waals surface area contributed by atoms with E-state index in [2.05, 4.69) is 38.9 Å². The van der Waals surface area contributed by atoms with Gasteiger partial charge < -0.3 is 9.64 Å². The topological polar surface area (TPSA) is 64.0 Å². The Labute approximate surface area is 134 Å². The zero-order chi connectivity index (χ0) is 15.5. The van der Waals surface area contributed by atoms with Crippen LogP contribution in [0.5, 0.6) is 5.88 Å². The molecule has 2 aromatic heterocycles. The molecule has 1 fully saturated rings. The van der Waals surface area contributed by atoms with Gasteiger partial charge in [0.15, 0.2) is 0 Å². The highest BCUT2D eigenvalue weighted by molar-refractivity contribution is 7.15. The SMILES string of the molecule is Cc1cncc(OC2CCN(c3nnc(C(C)C)s3)CC2)n1. The second kappa shape index (κ2) is 6.56. The van der Waals surface area contributed by atoms with Gasteiger partial charge in [-0.3, -0.25) is 4.98 Å². The third kappa shape index (κ3) is 3.52. The van der Waals surface area contributed by atoms with Gasteiger partial charge in [-0.2, -0.15) is 0 Å². The summed E-state index contributed by atoms with van der Waals surface area (Å²) >= 11 is 1.70. The second-order valence-corrected chi connectivity index (χ2v) is 6.87. The van der Waals surface area contributed by atoms with E-state index in [1.165, 1.54) is 0 Å².